The second kappa shape index (κ2) is 6.71. The Morgan fingerprint density at radius 3 is 2.30 bits per heavy atom. The van der Waals surface area contributed by atoms with Gasteiger partial charge in [-0.05, 0) is 43.5 Å². The van der Waals surface area contributed by atoms with E-state index in [1.54, 1.807) is 26.0 Å². The zero-order valence-corrected chi connectivity index (χ0v) is 12.7. The molecule has 0 saturated heterocycles. The van der Waals surface area contributed by atoms with E-state index in [0.717, 1.165) is 6.42 Å². The number of nitrogens with one attached hydrogen (secondary N) is 1. The Morgan fingerprint density at radius 2 is 1.85 bits per heavy atom. The minimum atomic E-state index is -3.76. The van der Waals surface area contributed by atoms with E-state index in [2.05, 4.69) is 5.32 Å². The number of rotatable bonds is 6. The highest BCUT2D eigenvalue weighted by atomic mass is 32.2. The fraction of sp³-hybridized carbons (Fsp3) is 0.462. The van der Waals surface area contributed by atoms with E-state index in [4.69, 9.17) is 9.88 Å². The first-order chi connectivity index (χ1) is 9.25. The third-order valence-electron chi connectivity index (χ3n) is 2.66. The van der Waals surface area contributed by atoms with Crippen molar-refractivity contribution in [2.24, 2.45) is 5.14 Å². The zero-order chi connectivity index (χ0) is 15.3. The van der Waals surface area contributed by atoms with Crippen LogP contribution in [0.4, 0.5) is 0 Å². The van der Waals surface area contributed by atoms with Crippen molar-refractivity contribution >= 4 is 15.9 Å². The van der Waals surface area contributed by atoms with Gasteiger partial charge in [0, 0.05) is 6.54 Å². The Labute approximate surface area is 119 Å². The maximum atomic E-state index is 11.4. The molecule has 0 aromatic heterocycles. The van der Waals surface area contributed by atoms with Crippen LogP contribution in [0.25, 0.3) is 0 Å². The van der Waals surface area contributed by atoms with Gasteiger partial charge in [-0.2, -0.15) is 0 Å². The molecule has 1 aromatic rings. The highest BCUT2D eigenvalue weighted by Gasteiger charge is 2.16. The van der Waals surface area contributed by atoms with Crippen molar-refractivity contribution in [3.8, 4) is 5.75 Å². The molecule has 6 nitrogen and oxygen atoms in total. The number of primary sulfonamides is 1. The summed E-state index contributed by atoms with van der Waals surface area (Å²) in [5, 5.41) is 7.84. The number of hydrogen-bond donors (Lipinski definition) is 2. The maximum absolute atomic E-state index is 11.4. The molecule has 0 spiro atoms. The van der Waals surface area contributed by atoms with Crippen molar-refractivity contribution in [2.45, 2.75) is 32.1 Å². The number of carbonyl (C=O) groups excluding carboxylic acids is 1. The molecule has 0 unspecified atom stereocenters. The lowest BCUT2D eigenvalue weighted by Crippen LogP contribution is -2.29. The van der Waals surface area contributed by atoms with Crippen LogP contribution in [0, 0.1) is 13.8 Å². The summed E-state index contributed by atoms with van der Waals surface area (Å²) in [6, 6.07) is 3.11. The summed E-state index contributed by atoms with van der Waals surface area (Å²) in [5.74, 6) is 0.233. The lowest BCUT2D eigenvalue weighted by Gasteiger charge is -2.12. The summed E-state index contributed by atoms with van der Waals surface area (Å²) in [5.41, 5.74) is 0.993. The summed E-state index contributed by atoms with van der Waals surface area (Å²) >= 11 is 0. The normalized spacial score (nSPS) is 11.2. The molecule has 0 aliphatic heterocycles. The van der Waals surface area contributed by atoms with E-state index < -0.39 is 10.0 Å². The molecule has 7 heteroatoms. The van der Waals surface area contributed by atoms with Crippen LogP contribution in [0.1, 0.15) is 24.5 Å². The fourth-order valence-corrected chi connectivity index (χ4v) is 2.92. The maximum Gasteiger partial charge on any atom is 0.257 e. The summed E-state index contributed by atoms with van der Waals surface area (Å²) in [4.78, 5) is 11.5. The molecule has 0 aliphatic rings. The minimum Gasteiger partial charge on any atom is -0.484 e. The topological polar surface area (TPSA) is 98.5 Å². The highest BCUT2D eigenvalue weighted by Crippen LogP contribution is 2.24. The van der Waals surface area contributed by atoms with Crippen LogP contribution in [-0.2, 0) is 14.8 Å². The lowest BCUT2D eigenvalue weighted by atomic mass is 10.1. The van der Waals surface area contributed by atoms with Crippen molar-refractivity contribution in [1.82, 2.24) is 5.32 Å². The largest absolute Gasteiger partial charge is 0.484 e. The molecule has 0 fully saturated rings. The second-order valence-corrected chi connectivity index (χ2v) is 6.07. The molecule has 3 N–H and O–H groups in total. The number of amides is 1. The molecule has 1 amide bonds. The van der Waals surface area contributed by atoms with E-state index in [-0.39, 0.29) is 17.4 Å². The number of benzene rings is 1. The number of ether oxygens (including phenoxy) is 1. The zero-order valence-electron chi connectivity index (χ0n) is 11.9. The number of aryl methyl sites for hydroxylation is 2. The molecule has 0 heterocycles. The van der Waals surface area contributed by atoms with Gasteiger partial charge in [-0.3, -0.25) is 4.79 Å². The SMILES string of the molecule is CCCNC(=O)COc1cc(C)c(S(N)(=O)=O)c(C)c1. The van der Waals surface area contributed by atoms with Crippen molar-refractivity contribution < 1.29 is 17.9 Å². The lowest BCUT2D eigenvalue weighted by molar-refractivity contribution is -0.123. The molecule has 0 saturated carbocycles. The number of sulfonamides is 1. The highest BCUT2D eigenvalue weighted by molar-refractivity contribution is 7.89. The number of nitrogens with two attached hydrogens (primary N) is 1. The quantitative estimate of drug-likeness (QED) is 0.814. The molecular formula is C13H20N2O4S. The fourth-order valence-electron chi connectivity index (χ4n) is 1.91. The van der Waals surface area contributed by atoms with Gasteiger partial charge in [0.25, 0.3) is 5.91 Å². The Hall–Kier alpha value is -1.60. The van der Waals surface area contributed by atoms with Gasteiger partial charge in [-0.1, -0.05) is 6.92 Å². The van der Waals surface area contributed by atoms with Gasteiger partial charge < -0.3 is 10.1 Å². The predicted octanol–water partition coefficient (Wildman–Crippen LogP) is 0.856. The van der Waals surface area contributed by atoms with Gasteiger partial charge in [-0.25, -0.2) is 13.6 Å². The van der Waals surface area contributed by atoms with Crippen LogP contribution in [0.2, 0.25) is 0 Å². The van der Waals surface area contributed by atoms with Gasteiger partial charge in [0.05, 0.1) is 4.90 Å². The summed E-state index contributed by atoms with van der Waals surface area (Å²) in [6.07, 6.45) is 0.854. The average molecular weight is 300 g/mol. The van der Waals surface area contributed by atoms with Gasteiger partial charge in [0.15, 0.2) is 6.61 Å². The Balaban J connectivity index is 2.83. The van der Waals surface area contributed by atoms with E-state index in [1.165, 1.54) is 0 Å². The molecule has 0 radical (unpaired) electrons. The van der Waals surface area contributed by atoms with Gasteiger partial charge in [0.1, 0.15) is 5.75 Å². The average Bonchev–Trinajstić information content (AvgIpc) is 2.31. The first-order valence-electron chi connectivity index (χ1n) is 6.29. The van der Waals surface area contributed by atoms with Crippen molar-refractivity contribution in [1.29, 1.82) is 0 Å². The summed E-state index contributed by atoms with van der Waals surface area (Å²) < 4.78 is 28.2. The third kappa shape index (κ3) is 4.50. The first kappa shape index (κ1) is 16.5. The standard InChI is InChI=1S/C13H20N2O4S/c1-4-5-15-12(16)8-19-11-6-9(2)13(10(3)7-11)20(14,17)18/h6-7H,4-5,8H2,1-3H3,(H,15,16)(H2,14,17,18). The van der Waals surface area contributed by atoms with Gasteiger partial charge >= 0.3 is 0 Å². The summed E-state index contributed by atoms with van der Waals surface area (Å²) in [7, 11) is -3.76. The van der Waals surface area contributed by atoms with E-state index in [9.17, 15) is 13.2 Å². The van der Waals surface area contributed by atoms with Gasteiger partial charge in [-0.15, -0.1) is 0 Å². The molecule has 20 heavy (non-hydrogen) atoms. The van der Waals surface area contributed by atoms with E-state index >= 15 is 0 Å². The molecule has 112 valence electrons. The molecule has 1 rings (SSSR count). The van der Waals surface area contributed by atoms with Crippen molar-refractivity contribution in [3.05, 3.63) is 23.3 Å². The Morgan fingerprint density at radius 1 is 1.30 bits per heavy atom. The minimum absolute atomic E-state index is 0.0975. The first-order valence-corrected chi connectivity index (χ1v) is 7.84. The van der Waals surface area contributed by atoms with Crippen molar-refractivity contribution in [2.75, 3.05) is 13.2 Å². The van der Waals surface area contributed by atoms with Crippen LogP contribution < -0.4 is 15.2 Å². The Kier molecular flexibility index (Phi) is 5.52. The molecule has 0 atom stereocenters. The van der Waals surface area contributed by atoms with Crippen molar-refractivity contribution in [3.63, 3.8) is 0 Å². The number of carbonyl (C=O) groups is 1. The van der Waals surface area contributed by atoms with Crippen LogP contribution >= 0.6 is 0 Å². The van der Waals surface area contributed by atoms with E-state index in [1.807, 2.05) is 6.92 Å². The Bertz CT molecular complexity index is 573. The molecule has 0 aliphatic carbocycles. The predicted molar refractivity (Wildman–Crippen MR) is 76.1 cm³/mol. The molecule has 1 aromatic carbocycles. The smallest absolute Gasteiger partial charge is 0.257 e. The van der Waals surface area contributed by atoms with Gasteiger partial charge in [0.2, 0.25) is 10.0 Å². The van der Waals surface area contributed by atoms with Crippen LogP contribution in [0.5, 0.6) is 5.75 Å². The van der Waals surface area contributed by atoms with E-state index in [0.29, 0.717) is 23.4 Å². The summed E-state index contributed by atoms with van der Waals surface area (Å²) in [6.45, 7) is 5.73. The van der Waals surface area contributed by atoms with Crippen LogP contribution in [-0.4, -0.2) is 27.5 Å². The van der Waals surface area contributed by atoms with Crippen LogP contribution in [0.3, 0.4) is 0 Å². The molecule has 0 bridgehead atoms. The molecular weight excluding hydrogens is 280 g/mol. The second-order valence-electron chi connectivity index (χ2n) is 4.57. The third-order valence-corrected chi connectivity index (χ3v) is 3.87. The number of hydrogen-bond acceptors (Lipinski definition) is 4. The monoisotopic (exact) mass is 300 g/mol. The van der Waals surface area contributed by atoms with Crippen LogP contribution in [0.15, 0.2) is 17.0 Å².